The molecular formula is C19H24N4O3. The maximum atomic E-state index is 12.0. The van der Waals surface area contributed by atoms with Crippen LogP contribution in [0, 0.1) is 0 Å². The van der Waals surface area contributed by atoms with Crippen LogP contribution in [0.15, 0.2) is 24.5 Å². The summed E-state index contributed by atoms with van der Waals surface area (Å²) in [4.78, 5) is 34.7. The predicted octanol–water partition coefficient (Wildman–Crippen LogP) is 2.83. The Morgan fingerprint density at radius 3 is 2.65 bits per heavy atom. The number of piperazine rings is 1. The number of ether oxygens (including phenoxy) is 1. The number of allylic oxidation sites excluding steroid dienone is 1. The maximum absolute atomic E-state index is 12.0. The first kappa shape index (κ1) is 18.0. The van der Waals surface area contributed by atoms with Crippen molar-refractivity contribution in [3.8, 4) is 0 Å². The van der Waals surface area contributed by atoms with Crippen LogP contribution in [0.3, 0.4) is 0 Å². The Kier molecular flexibility index (Phi) is 5.25. The average Bonchev–Trinajstić information content (AvgIpc) is 3.01. The van der Waals surface area contributed by atoms with Gasteiger partial charge in [0.05, 0.1) is 18.0 Å². The fourth-order valence-electron chi connectivity index (χ4n) is 2.95. The van der Waals surface area contributed by atoms with Crippen molar-refractivity contribution in [3.05, 3.63) is 30.1 Å². The summed E-state index contributed by atoms with van der Waals surface area (Å²) in [6.07, 6.45) is 6.67. The molecule has 0 radical (unpaired) electrons. The van der Waals surface area contributed by atoms with E-state index in [1.165, 1.54) is 6.92 Å². The zero-order valence-electron chi connectivity index (χ0n) is 15.4. The van der Waals surface area contributed by atoms with E-state index in [4.69, 9.17) is 4.74 Å². The normalized spacial score (nSPS) is 15.2. The molecule has 7 heteroatoms. The second-order valence-electron chi connectivity index (χ2n) is 6.68. The van der Waals surface area contributed by atoms with Gasteiger partial charge in [-0.15, -0.1) is 0 Å². The van der Waals surface area contributed by atoms with Gasteiger partial charge < -0.3 is 19.5 Å². The molecule has 138 valence electrons. The molecule has 0 atom stereocenters. The fourth-order valence-corrected chi connectivity index (χ4v) is 2.95. The first-order valence-corrected chi connectivity index (χ1v) is 8.80. The Labute approximate surface area is 152 Å². The van der Waals surface area contributed by atoms with E-state index in [1.54, 1.807) is 17.1 Å². The molecule has 1 aliphatic heterocycles. The Balaban J connectivity index is 1.72. The van der Waals surface area contributed by atoms with E-state index in [-0.39, 0.29) is 18.0 Å². The molecule has 0 aliphatic carbocycles. The van der Waals surface area contributed by atoms with Crippen molar-refractivity contribution < 1.29 is 14.3 Å². The largest absolute Gasteiger partial charge is 0.447 e. The zero-order chi connectivity index (χ0) is 18.7. The van der Waals surface area contributed by atoms with Gasteiger partial charge in [0.2, 0.25) is 0 Å². The molecule has 1 N–H and O–H groups in total. The summed E-state index contributed by atoms with van der Waals surface area (Å²) in [6.45, 7) is 7.92. The number of aromatic amines is 1. The fraction of sp³-hybridized carbons (Fsp3) is 0.421. The van der Waals surface area contributed by atoms with Crippen LogP contribution in [0.25, 0.3) is 17.1 Å². The van der Waals surface area contributed by atoms with E-state index >= 15 is 0 Å². The van der Waals surface area contributed by atoms with Crippen LogP contribution in [0.4, 0.5) is 10.5 Å². The standard InChI is InChI=1S/C19H24N4O3/c1-13(2)26-19(25)23-8-6-22(7-9-23)16-10-17-15(5-4-14(3)24)11-20-18(17)21-12-16/h4-5,10-13H,6-9H2,1-3H3,(H,20,21)/b5-4+. The highest BCUT2D eigenvalue weighted by Gasteiger charge is 2.23. The first-order chi connectivity index (χ1) is 12.4. The molecule has 0 saturated carbocycles. The summed E-state index contributed by atoms with van der Waals surface area (Å²) in [5.41, 5.74) is 2.73. The third kappa shape index (κ3) is 4.04. The van der Waals surface area contributed by atoms with E-state index in [2.05, 4.69) is 20.9 Å². The van der Waals surface area contributed by atoms with Crippen LogP contribution in [0.1, 0.15) is 26.3 Å². The Morgan fingerprint density at radius 1 is 1.27 bits per heavy atom. The molecule has 1 amide bonds. The smallest absolute Gasteiger partial charge is 0.410 e. The van der Waals surface area contributed by atoms with Crippen molar-refractivity contribution in [1.82, 2.24) is 14.9 Å². The minimum absolute atomic E-state index is 0.00729. The maximum Gasteiger partial charge on any atom is 0.410 e. The van der Waals surface area contributed by atoms with Crippen LogP contribution < -0.4 is 4.90 Å². The molecular weight excluding hydrogens is 332 g/mol. The van der Waals surface area contributed by atoms with E-state index in [0.717, 1.165) is 35.4 Å². The number of pyridine rings is 1. The summed E-state index contributed by atoms with van der Waals surface area (Å²) >= 11 is 0. The highest BCUT2D eigenvalue weighted by molar-refractivity contribution is 5.96. The van der Waals surface area contributed by atoms with Crippen LogP contribution >= 0.6 is 0 Å². The molecule has 1 saturated heterocycles. The lowest BCUT2D eigenvalue weighted by Gasteiger charge is -2.35. The lowest BCUT2D eigenvalue weighted by Crippen LogP contribution is -2.49. The topological polar surface area (TPSA) is 78.5 Å². The number of ketones is 1. The average molecular weight is 356 g/mol. The number of anilines is 1. The van der Waals surface area contributed by atoms with Crippen molar-refractivity contribution in [3.63, 3.8) is 0 Å². The van der Waals surface area contributed by atoms with Gasteiger partial charge in [0.25, 0.3) is 0 Å². The molecule has 7 nitrogen and oxygen atoms in total. The zero-order valence-corrected chi connectivity index (χ0v) is 15.4. The van der Waals surface area contributed by atoms with Gasteiger partial charge in [-0.3, -0.25) is 4.79 Å². The van der Waals surface area contributed by atoms with Crippen molar-refractivity contribution >= 4 is 34.7 Å². The van der Waals surface area contributed by atoms with Crippen molar-refractivity contribution in [2.75, 3.05) is 31.1 Å². The number of amides is 1. The molecule has 3 heterocycles. The van der Waals surface area contributed by atoms with Crippen LogP contribution in [-0.4, -0.2) is 59.0 Å². The number of fused-ring (bicyclic) bond motifs is 1. The lowest BCUT2D eigenvalue weighted by molar-refractivity contribution is -0.112. The van der Waals surface area contributed by atoms with Gasteiger partial charge in [-0.25, -0.2) is 9.78 Å². The molecule has 1 aliphatic rings. The SMILES string of the molecule is CC(=O)/C=C/c1c[nH]c2ncc(N3CCN(C(=O)OC(C)C)CC3)cc12. The van der Waals surface area contributed by atoms with E-state index in [1.807, 2.05) is 26.2 Å². The van der Waals surface area contributed by atoms with Crippen molar-refractivity contribution in [2.45, 2.75) is 26.9 Å². The van der Waals surface area contributed by atoms with Gasteiger partial charge in [0.15, 0.2) is 5.78 Å². The number of nitrogens with one attached hydrogen (secondary N) is 1. The molecule has 3 rings (SSSR count). The molecule has 2 aromatic heterocycles. The molecule has 26 heavy (non-hydrogen) atoms. The summed E-state index contributed by atoms with van der Waals surface area (Å²) in [7, 11) is 0. The van der Waals surface area contributed by atoms with E-state index < -0.39 is 0 Å². The Morgan fingerprint density at radius 2 is 2.00 bits per heavy atom. The highest BCUT2D eigenvalue weighted by Crippen LogP contribution is 2.24. The third-order valence-corrected chi connectivity index (χ3v) is 4.29. The number of rotatable bonds is 4. The first-order valence-electron chi connectivity index (χ1n) is 8.80. The molecule has 0 bridgehead atoms. The summed E-state index contributed by atoms with van der Waals surface area (Å²) in [5.74, 6) is 0.00729. The van der Waals surface area contributed by atoms with Gasteiger partial charge >= 0.3 is 6.09 Å². The second kappa shape index (κ2) is 7.59. The molecule has 0 aromatic carbocycles. The highest BCUT2D eigenvalue weighted by atomic mass is 16.6. The number of hydrogen-bond acceptors (Lipinski definition) is 5. The van der Waals surface area contributed by atoms with E-state index in [0.29, 0.717) is 13.1 Å². The summed E-state index contributed by atoms with van der Waals surface area (Å²) in [6, 6.07) is 2.07. The second-order valence-corrected chi connectivity index (χ2v) is 6.68. The number of aromatic nitrogens is 2. The monoisotopic (exact) mass is 356 g/mol. The quantitative estimate of drug-likeness (QED) is 0.852. The summed E-state index contributed by atoms with van der Waals surface area (Å²) in [5, 5.41) is 0.974. The number of carbonyl (C=O) groups excluding carboxylic acids is 2. The van der Waals surface area contributed by atoms with Crippen LogP contribution in [0.2, 0.25) is 0 Å². The molecule has 1 fully saturated rings. The summed E-state index contributed by atoms with van der Waals surface area (Å²) < 4.78 is 5.26. The van der Waals surface area contributed by atoms with Crippen LogP contribution in [-0.2, 0) is 9.53 Å². The number of hydrogen-bond donors (Lipinski definition) is 1. The predicted molar refractivity (Wildman–Crippen MR) is 101 cm³/mol. The van der Waals surface area contributed by atoms with Gasteiger partial charge in [0.1, 0.15) is 5.65 Å². The molecule has 2 aromatic rings. The van der Waals surface area contributed by atoms with E-state index in [9.17, 15) is 9.59 Å². The number of nitrogens with zero attached hydrogens (tertiary/aromatic N) is 3. The van der Waals surface area contributed by atoms with Gasteiger partial charge in [-0.2, -0.15) is 0 Å². The number of carbonyl (C=O) groups is 2. The van der Waals surface area contributed by atoms with Crippen molar-refractivity contribution in [2.24, 2.45) is 0 Å². The van der Waals surface area contributed by atoms with Crippen LogP contribution in [0.5, 0.6) is 0 Å². The van der Waals surface area contributed by atoms with Gasteiger partial charge in [-0.05, 0) is 39.0 Å². The molecule has 0 unspecified atom stereocenters. The number of H-pyrrole nitrogens is 1. The van der Waals surface area contributed by atoms with Gasteiger partial charge in [0, 0.05) is 43.3 Å². The molecule has 0 spiro atoms. The Bertz CT molecular complexity index is 832. The van der Waals surface area contributed by atoms with Gasteiger partial charge in [-0.1, -0.05) is 0 Å². The van der Waals surface area contributed by atoms with Crippen molar-refractivity contribution in [1.29, 1.82) is 0 Å². The Hall–Kier alpha value is -2.83. The minimum Gasteiger partial charge on any atom is -0.447 e. The minimum atomic E-state index is -0.254. The third-order valence-electron chi connectivity index (χ3n) is 4.29. The lowest BCUT2D eigenvalue weighted by atomic mass is 10.1.